The molecule has 0 aliphatic heterocycles. The minimum Gasteiger partial charge on any atom is -0.496 e. The van der Waals surface area contributed by atoms with E-state index < -0.39 is 0 Å². The number of nitrogens with two attached hydrogens (primary N) is 1. The van der Waals surface area contributed by atoms with Crippen LogP contribution < -0.4 is 15.8 Å². The van der Waals surface area contributed by atoms with Crippen LogP contribution in [-0.2, 0) is 0 Å². The number of benzene rings is 1. The number of nitrogens with one attached hydrogen (secondary N) is 1. The van der Waals surface area contributed by atoms with Crippen LogP contribution in [0.4, 0.5) is 5.69 Å². The first kappa shape index (κ1) is 17.3. The lowest BCUT2D eigenvalue weighted by atomic mass is 10.0. The number of rotatable bonds is 9. The molecule has 1 aromatic rings. The van der Waals surface area contributed by atoms with Crippen molar-refractivity contribution in [2.75, 3.05) is 19.4 Å². The molecule has 0 bridgehead atoms. The predicted octanol–water partition coefficient (Wildman–Crippen LogP) is 3.61. The first-order valence-electron chi connectivity index (χ1n) is 7.76. The minimum atomic E-state index is -0.103. The third-order valence-electron chi connectivity index (χ3n) is 3.46. The van der Waals surface area contributed by atoms with Gasteiger partial charge in [0.2, 0.25) is 0 Å². The second-order valence-electron chi connectivity index (χ2n) is 5.81. The van der Waals surface area contributed by atoms with Gasteiger partial charge in [-0.3, -0.25) is 4.79 Å². The standard InChI is InChI=1S/C17H28N2O2/c1-13(2)8-6-4-5-7-11-19-17(20)15-10-9-14(18)12-16(15)21-3/h9-10,12-13H,4-8,11,18H2,1-3H3,(H,19,20). The number of hydrogen-bond donors (Lipinski definition) is 2. The number of amides is 1. The Hall–Kier alpha value is -1.71. The molecule has 0 saturated heterocycles. The molecule has 118 valence electrons. The second-order valence-corrected chi connectivity index (χ2v) is 5.81. The van der Waals surface area contributed by atoms with Gasteiger partial charge in [0.15, 0.2) is 0 Å². The Kier molecular flexibility index (Phi) is 7.65. The average molecular weight is 292 g/mol. The van der Waals surface area contributed by atoms with Gasteiger partial charge in [0.25, 0.3) is 5.91 Å². The zero-order valence-corrected chi connectivity index (χ0v) is 13.4. The highest BCUT2D eigenvalue weighted by Crippen LogP contribution is 2.21. The maximum absolute atomic E-state index is 12.1. The zero-order chi connectivity index (χ0) is 15.7. The Morgan fingerprint density at radius 2 is 1.95 bits per heavy atom. The lowest BCUT2D eigenvalue weighted by Crippen LogP contribution is -2.25. The Morgan fingerprint density at radius 3 is 2.62 bits per heavy atom. The molecule has 0 spiro atoms. The predicted molar refractivity (Wildman–Crippen MR) is 87.7 cm³/mol. The summed E-state index contributed by atoms with van der Waals surface area (Å²) in [5.41, 5.74) is 6.81. The van der Waals surface area contributed by atoms with Crippen molar-refractivity contribution >= 4 is 11.6 Å². The van der Waals surface area contributed by atoms with Crippen LogP contribution in [0.5, 0.6) is 5.75 Å². The van der Waals surface area contributed by atoms with Crippen molar-refractivity contribution in [2.45, 2.75) is 46.0 Å². The summed E-state index contributed by atoms with van der Waals surface area (Å²) in [6.07, 6.45) is 5.97. The van der Waals surface area contributed by atoms with E-state index in [2.05, 4.69) is 19.2 Å². The molecule has 0 unspecified atom stereocenters. The van der Waals surface area contributed by atoms with E-state index in [0.717, 1.165) is 18.8 Å². The molecule has 0 heterocycles. The molecule has 21 heavy (non-hydrogen) atoms. The van der Waals surface area contributed by atoms with Crippen molar-refractivity contribution in [1.82, 2.24) is 5.32 Å². The van der Waals surface area contributed by atoms with Gasteiger partial charge in [-0.05, 0) is 24.5 Å². The monoisotopic (exact) mass is 292 g/mol. The zero-order valence-electron chi connectivity index (χ0n) is 13.4. The highest BCUT2D eigenvalue weighted by molar-refractivity contribution is 5.97. The third-order valence-corrected chi connectivity index (χ3v) is 3.46. The van der Waals surface area contributed by atoms with Crippen LogP contribution in [0.1, 0.15) is 56.3 Å². The highest BCUT2D eigenvalue weighted by Gasteiger charge is 2.11. The molecule has 4 nitrogen and oxygen atoms in total. The Bertz CT molecular complexity index is 444. The molecule has 4 heteroatoms. The summed E-state index contributed by atoms with van der Waals surface area (Å²) in [7, 11) is 1.54. The molecule has 0 atom stereocenters. The van der Waals surface area contributed by atoms with Gasteiger partial charge in [0.05, 0.1) is 12.7 Å². The quantitative estimate of drug-likeness (QED) is 0.540. The summed E-state index contributed by atoms with van der Waals surface area (Å²) in [6, 6.07) is 5.08. The maximum Gasteiger partial charge on any atom is 0.255 e. The van der Waals surface area contributed by atoms with Crippen LogP contribution in [0, 0.1) is 5.92 Å². The molecule has 0 radical (unpaired) electrons. The van der Waals surface area contributed by atoms with Crippen molar-refractivity contribution in [3.8, 4) is 5.75 Å². The maximum atomic E-state index is 12.1. The van der Waals surface area contributed by atoms with E-state index in [9.17, 15) is 4.79 Å². The molecule has 0 aliphatic rings. The van der Waals surface area contributed by atoms with E-state index in [0.29, 0.717) is 23.5 Å². The fourth-order valence-electron chi connectivity index (χ4n) is 2.22. The van der Waals surface area contributed by atoms with Crippen LogP contribution >= 0.6 is 0 Å². The van der Waals surface area contributed by atoms with Crippen LogP contribution in [-0.4, -0.2) is 19.6 Å². The highest BCUT2D eigenvalue weighted by atomic mass is 16.5. The molecule has 1 aromatic carbocycles. The van der Waals surface area contributed by atoms with Crippen molar-refractivity contribution in [1.29, 1.82) is 0 Å². The smallest absolute Gasteiger partial charge is 0.255 e. The number of ether oxygens (including phenoxy) is 1. The topological polar surface area (TPSA) is 64.3 Å². The summed E-state index contributed by atoms with van der Waals surface area (Å²) in [6.45, 7) is 5.20. The van der Waals surface area contributed by atoms with Crippen molar-refractivity contribution < 1.29 is 9.53 Å². The second kappa shape index (κ2) is 9.27. The summed E-state index contributed by atoms with van der Waals surface area (Å²) in [5.74, 6) is 1.20. The molecule has 3 N–H and O–H groups in total. The van der Waals surface area contributed by atoms with Gasteiger partial charge in [0, 0.05) is 18.3 Å². The lowest BCUT2D eigenvalue weighted by molar-refractivity contribution is 0.0950. The van der Waals surface area contributed by atoms with Crippen molar-refractivity contribution in [3.05, 3.63) is 23.8 Å². The fourth-order valence-corrected chi connectivity index (χ4v) is 2.22. The normalized spacial score (nSPS) is 10.7. The molecule has 0 aliphatic carbocycles. The summed E-state index contributed by atoms with van der Waals surface area (Å²) in [5, 5.41) is 2.93. The van der Waals surface area contributed by atoms with Gasteiger partial charge < -0.3 is 15.8 Å². The van der Waals surface area contributed by atoms with Gasteiger partial charge in [0.1, 0.15) is 5.75 Å². The van der Waals surface area contributed by atoms with Crippen LogP contribution in [0.15, 0.2) is 18.2 Å². The molecule has 0 aromatic heterocycles. The van der Waals surface area contributed by atoms with Crippen LogP contribution in [0.25, 0.3) is 0 Å². The number of hydrogen-bond acceptors (Lipinski definition) is 3. The van der Waals surface area contributed by atoms with Gasteiger partial charge in [-0.25, -0.2) is 0 Å². The van der Waals surface area contributed by atoms with Crippen LogP contribution in [0.2, 0.25) is 0 Å². The number of carbonyl (C=O) groups is 1. The minimum absolute atomic E-state index is 0.103. The first-order valence-corrected chi connectivity index (χ1v) is 7.76. The number of nitrogen functional groups attached to an aromatic ring is 1. The number of carbonyl (C=O) groups excluding carboxylic acids is 1. The first-order chi connectivity index (χ1) is 10.0. The van der Waals surface area contributed by atoms with E-state index in [1.54, 1.807) is 25.3 Å². The van der Waals surface area contributed by atoms with Crippen molar-refractivity contribution in [3.63, 3.8) is 0 Å². The molecule has 0 fully saturated rings. The van der Waals surface area contributed by atoms with Crippen LogP contribution in [0.3, 0.4) is 0 Å². The van der Waals surface area contributed by atoms with Gasteiger partial charge in [-0.2, -0.15) is 0 Å². The van der Waals surface area contributed by atoms with E-state index in [1.807, 2.05) is 0 Å². The summed E-state index contributed by atoms with van der Waals surface area (Å²) >= 11 is 0. The average Bonchev–Trinajstić information content (AvgIpc) is 2.45. The Morgan fingerprint density at radius 1 is 1.24 bits per heavy atom. The van der Waals surface area contributed by atoms with E-state index in [1.165, 1.54) is 19.3 Å². The van der Waals surface area contributed by atoms with E-state index in [-0.39, 0.29) is 5.91 Å². The summed E-state index contributed by atoms with van der Waals surface area (Å²) in [4.78, 5) is 12.1. The van der Waals surface area contributed by atoms with E-state index >= 15 is 0 Å². The third kappa shape index (κ3) is 6.52. The molecule has 0 saturated carbocycles. The number of unbranched alkanes of at least 4 members (excludes halogenated alkanes) is 3. The lowest BCUT2D eigenvalue weighted by Gasteiger charge is -2.10. The van der Waals surface area contributed by atoms with Gasteiger partial charge in [-0.15, -0.1) is 0 Å². The fraction of sp³-hybridized carbons (Fsp3) is 0.588. The number of anilines is 1. The van der Waals surface area contributed by atoms with Crippen molar-refractivity contribution in [2.24, 2.45) is 5.92 Å². The molecular weight excluding hydrogens is 264 g/mol. The SMILES string of the molecule is COc1cc(N)ccc1C(=O)NCCCCCCC(C)C. The largest absolute Gasteiger partial charge is 0.496 e. The molecule has 1 amide bonds. The summed E-state index contributed by atoms with van der Waals surface area (Å²) < 4.78 is 5.19. The number of methoxy groups -OCH3 is 1. The molecular formula is C17H28N2O2. The van der Waals surface area contributed by atoms with E-state index in [4.69, 9.17) is 10.5 Å². The Labute approximate surface area is 128 Å². The van der Waals surface area contributed by atoms with Gasteiger partial charge in [-0.1, -0.05) is 39.5 Å². The molecule has 1 rings (SSSR count). The Balaban J connectivity index is 2.28. The van der Waals surface area contributed by atoms with Gasteiger partial charge >= 0.3 is 0 Å².